The average Bonchev–Trinajstić information content (AvgIpc) is 3.21. The number of hydrogen-bond acceptors (Lipinski definition) is 6. The van der Waals surface area contributed by atoms with Gasteiger partial charge < -0.3 is 15.3 Å². The van der Waals surface area contributed by atoms with Crippen LogP contribution in [0.5, 0.6) is 5.75 Å². The lowest BCUT2D eigenvalue weighted by atomic mass is 10.0. The van der Waals surface area contributed by atoms with Crippen molar-refractivity contribution in [2.75, 3.05) is 11.9 Å². The first kappa shape index (κ1) is 34.8. The Morgan fingerprint density at radius 1 is 0.900 bits per heavy atom. The average molecular weight is 732 g/mol. The molecule has 0 aromatic heterocycles. The van der Waals surface area contributed by atoms with Crippen molar-refractivity contribution in [1.29, 1.82) is 0 Å². The van der Waals surface area contributed by atoms with Crippen LogP contribution in [0.25, 0.3) is 0 Å². The Kier molecular flexibility index (Phi) is 10.0. The number of carbonyl (C=O) groups is 2. The lowest BCUT2D eigenvalue weighted by molar-refractivity contribution is -0.119. The third kappa shape index (κ3) is 7.26. The summed E-state index contributed by atoms with van der Waals surface area (Å²) in [5, 5.41) is 13.1. The molecular formula is C37H29Cl2FN4O5S. The molecule has 13 heteroatoms. The van der Waals surface area contributed by atoms with E-state index in [2.05, 4.69) is 5.32 Å². The van der Waals surface area contributed by atoms with Gasteiger partial charge in [-0.25, -0.2) is 17.8 Å². The Balaban J connectivity index is 1.27. The molecule has 5 aromatic carbocycles. The second-order valence-electron chi connectivity index (χ2n) is 11.5. The van der Waals surface area contributed by atoms with Gasteiger partial charge in [0, 0.05) is 41.9 Å². The minimum atomic E-state index is -4.41. The number of benzene rings is 5. The fourth-order valence-corrected chi connectivity index (χ4v) is 7.67. The molecule has 2 N–H and O–H groups in total. The van der Waals surface area contributed by atoms with Gasteiger partial charge in [0.2, 0.25) is 16.2 Å². The van der Waals surface area contributed by atoms with Crippen LogP contribution >= 0.6 is 23.2 Å². The summed E-state index contributed by atoms with van der Waals surface area (Å²) >= 11 is 12.1. The molecule has 0 radical (unpaired) electrons. The van der Waals surface area contributed by atoms with Crippen LogP contribution in [0, 0.1) is 5.82 Å². The standard InChI is InChI=1S/C37H29Cl2FN4O5S/c1-43-31-10-6-5-9-29(31)33(25-7-3-2-4-8-25)41-35(37(43)47)42-36(46)26-15-11-23(12-16-26)21-44(22-24-13-17-28(40)18-14-24)50(48,49)32-20-27(38)19-30(39)34(32)45/h2-20,35,45H,21-22H2,1H3,(H,42,46)/t35-/m1/s1. The molecule has 0 saturated heterocycles. The number of para-hydroxylation sites is 1. The topological polar surface area (TPSA) is 119 Å². The maximum atomic E-state index is 13.9. The molecule has 0 spiro atoms. The number of anilines is 1. The van der Waals surface area contributed by atoms with Crippen molar-refractivity contribution in [3.63, 3.8) is 0 Å². The van der Waals surface area contributed by atoms with E-state index >= 15 is 0 Å². The van der Waals surface area contributed by atoms with Gasteiger partial charge in [-0.3, -0.25) is 9.59 Å². The number of benzodiazepines with no additional fused rings is 1. The second-order valence-corrected chi connectivity index (χ2v) is 14.2. The maximum absolute atomic E-state index is 13.9. The van der Waals surface area contributed by atoms with Crippen molar-refractivity contribution in [3.05, 3.63) is 159 Å². The van der Waals surface area contributed by atoms with E-state index in [4.69, 9.17) is 28.2 Å². The van der Waals surface area contributed by atoms with E-state index in [1.54, 1.807) is 19.2 Å². The number of sulfonamides is 1. The molecule has 254 valence electrons. The predicted molar refractivity (Wildman–Crippen MR) is 191 cm³/mol. The molecule has 0 fully saturated rings. The predicted octanol–water partition coefficient (Wildman–Crippen LogP) is 6.80. The second kappa shape index (κ2) is 14.4. The van der Waals surface area contributed by atoms with E-state index in [0.717, 1.165) is 21.5 Å². The number of aliphatic imine (C=N–C) groups is 1. The zero-order chi connectivity index (χ0) is 35.6. The number of aromatic hydroxyl groups is 1. The number of likely N-dealkylation sites (N-methyl/N-ethyl adjacent to an activating group) is 1. The van der Waals surface area contributed by atoms with Crippen molar-refractivity contribution in [2.24, 2.45) is 4.99 Å². The third-order valence-electron chi connectivity index (χ3n) is 8.12. The van der Waals surface area contributed by atoms with Crippen LogP contribution in [0.2, 0.25) is 10.0 Å². The summed E-state index contributed by atoms with van der Waals surface area (Å²) in [7, 11) is -2.78. The van der Waals surface area contributed by atoms with Crippen molar-refractivity contribution >= 4 is 56.4 Å². The van der Waals surface area contributed by atoms with Gasteiger partial charge in [-0.15, -0.1) is 0 Å². The SMILES string of the molecule is CN1C(=O)[C@@H](NC(=O)c2ccc(CN(Cc3ccc(F)cc3)S(=O)(=O)c3cc(Cl)cc(Cl)c3O)cc2)N=C(c2ccccc2)c2ccccc21. The first-order valence-electron chi connectivity index (χ1n) is 15.2. The molecule has 2 amide bonds. The van der Waals surface area contributed by atoms with E-state index in [1.165, 1.54) is 47.4 Å². The van der Waals surface area contributed by atoms with Crippen LogP contribution < -0.4 is 10.2 Å². The summed E-state index contributed by atoms with van der Waals surface area (Å²) in [5.41, 5.74) is 3.89. The van der Waals surface area contributed by atoms with Crippen LogP contribution in [0.15, 0.2) is 125 Å². The van der Waals surface area contributed by atoms with Crippen molar-refractivity contribution in [3.8, 4) is 5.75 Å². The van der Waals surface area contributed by atoms with Gasteiger partial charge in [0.05, 0.1) is 16.4 Å². The molecule has 6 rings (SSSR count). The zero-order valence-electron chi connectivity index (χ0n) is 26.4. The Hall–Kier alpha value is -5.07. The Morgan fingerprint density at radius 2 is 1.50 bits per heavy atom. The number of fused-ring (bicyclic) bond motifs is 1. The number of nitrogens with zero attached hydrogens (tertiary/aromatic N) is 3. The van der Waals surface area contributed by atoms with Gasteiger partial charge in [0.25, 0.3) is 11.8 Å². The number of carbonyl (C=O) groups excluding carboxylic acids is 2. The van der Waals surface area contributed by atoms with Gasteiger partial charge in [-0.1, -0.05) is 96.0 Å². The number of halogens is 3. The molecule has 1 aliphatic heterocycles. The van der Waals surface area contributed by atoms with E-state index < -0.39 is 44.5 Å². The molecule has 9 nitrogen and oxygen atoms in total. The molecular weight excluding hydrogens is 702 g/mol. The first-order chi connectivity index (χ1) is 23.9. The normalized spacial score (nSPS) is 14.6. The van der Waals surface area contributed by atoms with Crippen molar-refractivity contribution in [2.45, 2.75) is 24.2 Å². The highest BCUT2D eigenvalue weighted by atomic mass is 35.5. The Labute approximate surface area is 298 Å². The number of phenolic OH excluding ortho intramolecular Hbond substituents is 1. The highest BCUT2D eigenvalue weighted by Crippen LogP contribution is 2.36. The van der Waals surface area contributed by atoms with Crippen LogP contribution in [0.4, 0.5) is 10.1 Å². The van der Waals surface area contributed by atoms with Crippen LogP contribution in [-0.2, 0) is 27.9 Å². The molecule has 0 aliphatic carbocycles. The first-order valence-corrected chi connectivity index (χ1v) is 17.4. The number of phenols is 1. The van der Waals surface area contributed by atoms with Gasteiger partial charge in [0.1, 0.15) is 10.7 Å². The number of amides is 2. The molecule has 0 saturated carbocycles. The summed E-state index contributed by atoms with van der Waals surface area (Å²) in [6, 6.07) is 30.5. The summed E-state index contributed by atoms with van der Waals surface area (Å²) in [6.07, 6.45) is -1.23. The number of nitrogens with one attached hydrogen (secondary N) is 1. The van der Waals surface area contributed by atoms with E-state index in [9.17, 15) is 27.5 Å². The van der Waals surface area contributed by atoms with Crippen molar-refractivity contribution < 1.29 is 27.5 Å². The Morgan fingerprint density at radius 3 is 2.16 bits per heavy atom. The molecule has 5 aromatic rings. The molecule has 1 aliphatic rings. The molecule has 1 heterocycles. The van der Waals surface area contributed by atoms with Gasteiger partial charge in [0.15, 0.2) is 5.75 Å². The highest BCUT2D eigenvalue weighted by Gasteiger charge is 2.32. The summed E-state index contributed by atoms with van der Waals surface area (Å²) in [5.74, 6) is -2.15. The van der Waals surface area contributed by atoms with Gasteiger partial charge in [-0.2, -0.15) is 4.31 Å². The number of rotatable bonds is 9. The minimum absolute atomic E-state index is 0.00548. The van der Waals surface area contributed by atoms with Crippen LogP contribution in [0.3, 0.4) is 0 Å². The summed E-state index contributed by atoms with van der Waals surface area (Å²) in [6.45, 7) is -0.379. The van der Waals surface area contributed by atoms with Crippen LogP contribution in [0.1, 0.15) is 32.6 Å². The van der Waals surface area contributed by atoms with E-state index in [1.807, 2.05) is 54.6 Å². The largest absolute Gasteiger partial charge is 0.505 e. The lowest BCUT2D eigenvalue weighted by Crippen LogP contribution is -2.46. The monoisotopic (exact) mass is 730 g/mol. The summed E-state index contributed by atoms with van der Waals surface area (Å²) < 4.78 is 42.5. The zero-order valence-corrected chi connectivity index (χ0v) is 28.8. The fourth-order valence-electron chi connectivity index (χ4n) is 5.51. The quantitative estimate of drug-likeness (QED) is 0.173. The molecule has 0 unspecified atom stereocenters. The Bertz CT molecular complexity index is 2220. The smallest absolute Gasteiger partial charge is 0.272 e. The third-order valence-corrected chi connectivity index (χ3v) is 10.4. The fraction of sp³-hybridized carbons (Fsp3) is 0.108. The van der Waals surface area contributed by atoms with Gasteiger partial charge >= 0.3 is 0 Å². The lowest BCUT2D eigenvalue weighted by Gasteiger charge is -2.23. The van der Waals surface area contributed by atoms with Gasteiger partial charge in [-0.05, 0) is 53.6 Å². The minimum Gasteiger partial charge on any atom is -0.505 e. The molecule has 0 bridgehead atoms. The molecule has 1 atom stereocenters. The number of hydrogen-bond donors (Lipinski definition) is 2. The highest BCUT2D eigenvalue weighted by molar-refractivity contribution is 7.89. The van der Waals surface area contributed by atoms with Crippen molar-refractivity contribution in [1.82, 2.24) is 9.62 Å². The summed E-state index contributed by atoms with van der Waals surface area (Å²) in [4.78, 5) is 32.7. The van der Waals surface area contributed by atoms with E-state index in [0.29, 0.717) is 22.5 Å². The van der Waals surface area contributed by atoms with Crippen LogP contribution in [-0.4, -0.2) is 48.6 Å². The van der Waals surface area contributed by atoms with E-state index in [-0.39, 0.29) is 28.7 Å². The molecule has 50 heavy (non-hydrogen) atoms. The maximum Gasteiger partial charge on any atom is 0.272 e.